The molecule has 0 aliphatic heterocycles. The lowest BCUT2D eigenvalue weighted by atomic mass is 9.79. The molecule has 3 aromatic heterocycles. The zero-order valence-electron chi connectivity index (χ0n) is 35.5. The molecule has 0 amide bonds. The van der Waals surface area contributed by atoms with Crippen LogP contribution in [0, 0.1) is 0 Å². The van der Waals surface area contributed by atoms with Gasteiger partial charge in [0.1, 0.15) is 22.7 Å². The molecule has 59 heavy (non-hydrogen) atoms. The first kappa shape index (κ1) is 38.1. The molecule has 0 unspecified atom stereocenters. The Bertz CT molecular complexity index is 3040. The van der Waals surface area contributed by atoms with Crippen LogP contribution in [0.2, 0.25) is 0 Å². The molecule has 9 rings (SSSR count). The number of hydrogen-bond donors (Lipinski definition) is 1. The number of phenolic OH excluding ortho intramolecular Hbond substituents is 1. The van der Waals surface area contributed by atoms with Crippen LogP contribution in [0.1, 0.15) is 79.0 Å². The molecule has 5 heteroatoms. The standard InChI is InChI=1S/C54H51N3O2/c1-52(2,3)35-25-26-44(39(30-35)33-18-11-10-12-19-33)57-45-23-17-21-37(49(45)56-51(57)41-31-36(53(4,5)6)32-42(50(41)58)54(7,8)9)40-28-34(43-22-15-16-27-55-43)29-47-48(40)38-20-13-14-24-46(38)59-47/h10-32,58H,1-9H3. The number of furan rings is 1. The van der Waals surface area contributed by atoms with Gasteiger partial charge in [-0.3, -0.25) is 9.55 Å². The van der Waals surface area contributed by atoms with Gasteiger partial charge in [0.15, 0.2) is 0 Å². The van der Waals surface area contributed by atoms with Gasteiger partial charge in [-0.15, -0.1) is 0 Å². The van der Waals surface area contributed by atoms with Crippen molar-refractivity contribution < 1.29 is 9.52 Å². The van der Waals surface area contributed by atoms with Crippen molar-refractivity contribution in [2.45, 2.75) is 78.6 Å². The van der Waals surface area contributed by atoms with Crippen LogP contribution in [-0.4, -0.2) is 19.6 Å². The molecule has 0 saturated heterocycles. The van der Waals surface area contributed by atoms with Crippen LogP contribution in [0.25, 0.3) is 83.6 Å². The number of pyridine rings is 1. The fourth-order valence-corrected chi connectivity index (χ4v) is 8.35. The molecule has 6 aromatic carbocycles. The third-order valence-corrected chi connectivity index (χ3v) is 11.6. The number of para-hydroxylation sites is 2. The van der Waals surface area contributed by atoms with E-state index in [1.807, 2.05) is 36.5 Å². The summed E-state index contributed by atoms with van der Waals surface area (Å²) in [5, 5.41) is 14.6. The maximum atomic E-state index is 12.5. The molecule has 5 nitrogen and oxygen atoms in total. The number of nitrogens with zero attached hydrogens (tertiary/aromatic N) is 3. The van der Waals surface area contributed by atoms with Gasteiger partial charge in [-0.25, -0.2) is 4.98 Å². The van der Waals surface area contributed by atoms with E-state index in [1.54, 1.807) is 0 Å². The Morgan fingerprint density at radius 1 is 0.542 bits per heavy atom. The normalized spacial score (nSPS) is 12.6. The quantitative estimate of drug-likeness (QED) is 0.189. The van der Waals surface area contributed by atoms with Gasteiger partial charge in [-0.1, -0.05) is 141 Å². The first-order valence-corrected chi connectivity index (χ1v) is 20.5. The Morgan fingerprint density at radius 2 is 1.25 bits per heavy atom. The highest BCUT2D eigenvalue weighted by Crippen LogP contribution is 2.47. The molecule has 9 aromatic rings. The molecule has 0 saturated carbocycles. The minimum Gasteiger partial charge on any atom is -0.507 e. The van der Waals surface area contributed by atoms with E-state index in [2.05, 4.69) is 170 Å². The van der Waals surface area contributed by atoms with Gasteiger partial charge >= 0.3 is 0 Å². The van der Waals surface area contributed by atoms with Crippen LogP contribution < -0.4 is 0 Å². The van der Waals surface area contributed by atoms with Crippen molar-refractivity contribution in [3.8, 4) is 56.3 Å². The Labute approximate surface area is 347 Å². The summed E-state index contributed by atoms with van der Waals surface area (Å²) < 4.78 is 8.85. The largest absolute Gasteiger partial charge is 0.507 e. The van der Waals surface area contributed by atoms with Crippen LogP contribution in [0.3, 0.4) is 0 Å². The van der Waals surface area contributed by atoms with Crippen LogP contribution in [0.5, 0.6) is 5.75 Å². The molecular formula is C54H51N3O2. The van der Waals surface area contributed by atoms with E-state index in [1.165, 1.54) is 5.56 Å². The smallest absolute Gasteiger partial charge is 0.149 e. The molecule has 0 aliphatic carbocycles. The summed E-state index contributed by atoms with van der Waals surface area (Å²) in [4.78, 5) is 10.4. The molecule has 0 spiro atoms. The summed E-state index contributed by atoms with van der Waals surface area (Å²) in [6, 6.07) is 46.7. The topological polar surface area (TPSA) is 64.1 Å². The molecule has 0 fully saturated rings. The highest BCUT2D eigenvalue weighted by atomic mass is 16.3. The molecular weight excluding hydrogens is 723 g/mol. The van der Waals surface area contributed by atoms with Gasteiger partial charge < -0.3 is 9.52 Å². The molecule has 0 aliphatic rings. The highest BCUT2D eigenvalue weighted by Gasteiger charge is 2.30. The number of hydrogen-bond acceptors (Lipinski definition) is 4. The van der Waals surface area contributed by atoms with Crippen molar-refractivity contribution in [2.24, 2.45) is 0 Å². The summed E-state index contributed by atoms with van der Waals surface area (Å²) in [7, 11) is 0. The van der Waals surface area contributed by atoms with Gasteiger partial charge in [0.2, 0.25) is 0 Å². The highest BCUT2D eigenvalue weighted by molar-refractivity contribution is 6.16. The summed E-state index contributed by atoms with van der Waals surface area (Å²) in [6.07, 6.45) is 1.83. The number of aromatic nitrogens is 3. The summed E-state index contributed by atoms with van der Waals surface area (Å²) in [5.41, 5.74) is 13.7. The minimum absolute atomic E-state index is 0.0760. The van der Waals surface area contributed by atoms with E-state index < -0.39 is 0 Å². The maximum absolute atomic E-state index is 12.5. The molecule has 294 valence electrons. The Balaban J connectivity index is 1.44. The molecule has 0 bridgehead atoms. The predicted molar refractivity (Wildman–Crippen MR) is 246 cm³/mol. The summed E-state index contributed by atoms with van der Waals surface area (Å²) >= 11 is 0. The van der Waals surface area contributed by atoms with Crippen LogP contribution >= 0.6 is 0 Å². The van der Waals surface area contributed by atoms with Crippen LogP contribution in [0.15, 0.2) is 144 Å². The van der Waals surface area contributed by atoms with E-state index in [-0.39, 0.29) is 22.0 Å². The second kappa shape index (κ2) is 13.8. The Kier molecular flexibility index (Phi) is 8.93. The number of aromatic hydroxyl groups is 1. The van der Waals surface area contributed by atoms with Crippen molar-refractivity contribution in [1.82, 2.24) is 14.5 Å². The molecule has 3 heterocycles. The maximum Gasteiger partial charge on any atom is 0.149 e. The van der Waals surface area contributed by atoms with Crippen molar-refractivity contribution in [3.63, 3.8) is 0 Å². The van der Waals surface area contributed by atoms with Crippen molar-refractivity contribution in [3.05, 3.63) is 156 Å². The van der Waals surface area contributed by atoms with Gasteiger partial charge in [0.05, 0.1) is 28.0 Å². The van der Waals surface area contributed by atoms with Crippen LogP contribution in [0.4, 0.5) is 0 Å². The minimum atomic E-state index is -0.328. The molecule has 0 radical (unpaired) electrons. The van der Waals surface area contributed by atoms with E-state index in [4.69, 9.17) is 14.4 Å². The molecule has 1 N–H and O–H groups in total. The Hall–Kier alpha value is -6.46. The predicted octanol–water partition coefficient (Wildman–Crippen LogP) is 14.6. The lowest BCUT2D eigenvalue weighted by Crippen LogP contribution is -2.17. The number of rotatable bonds is 5. The third kappa shape index (κ3) is 6.69. The first-order chi connectivity index (χ1) is 28.1. The summed E-state index contributed by atoms with van der Waals surface area (Å²) in [6.45, 7) is 19.9. The monoisotopic (exact) mass is 773 g/mol. The molecule has 0 atom stereocenters. The lowest BCUT2D eigenvalue weighted by Gasteiger charge is -2.28. The third-order valence-electron chi connectivity index (χ3n) is 11.6. The fourth-order valence-electron chi connectivity index (χ4n) is 8.35. The zero-order chi connectivity index (χ0) is 41.4. The SMILES string of the molecule is CC(C)(C)c1ccc(-n2c(-c3cc(C(C)(C)C)cc(C(C)(C)C)c3O)nc3c(-c4cc(-c5ccccn5)cc5oc6ccccc6c45)cccc32)c(-c2ccccc2)c1. The number of fused-ring (bicyclic) bond motifs is 4. The number of benzene rings is 6. The van der Waals surface area contributed by atoms with E-state index >= 15 is 0 Å². The van der Waals surface area contributed by atoms with E-state index in [0.717, 1.165) is 83.3 Å². The van der Waals surface area contributed by atoms with E-state index in [0.29, 0.717) is 11.4 Å². The van der Waals surface area contributed by atoms with Gasteiger partial charge in [0.25, 0.3) is 0 Å². The zero-order valence-corrected chi connectivity index (χ0v) is 35.5. The average Bonchev–Trinajstić information content (AvgIpc) is 3.79. The first-order valence-electron chi connectivity index (χ1n) is 20.5. The van der Waals surface area contributed by atoms with Crippen molar-refractivity contribution in [2.75, 3.05) is 0 Å². The second-order valence-corrected chi connectivity index (χ2v) is 18.9. The average molecular weight is 774 g/mol. The van der Waals surface area contributed by atoms with Gasteiger partial charge in [0, 0.05) is 39.2 Å². The van der Waals surface area contributed by atoms with Gasteiger partial charge in [-0.05, 0) is 93.1 Å². The van der Waals surface area contributed by atoms with Crippen molar-refractivity contribution in [1.29, 1.82) is 0 Å². The summed E-state index contributed by atoms with van der Waals surface area (Å²) in [5.74, 6) is 0.924. The fraction of sp³-hybridized carbons (Fsp3) is 0.222. The second-order valence-electron chi connectivity index (χ2n) is 18.9. The number of phenols is 1. The number of imidazole rings is 1. The van der Waals surface area contributed by atoms with Gasteiger partial charge in [-0.2, -0.15) is 0 Å². The Morgan fingerprint density at radius 3 is 1.97 bits per heavy atom. The van der Waals surface area contributed by atoms with E-state index in [9.17, 15) is 5.11 Å². The lowest BCUT2D eigenvalue weighted by molar-refractivity contribution is 0.446. The van der Waals surface area contributed by atoms with Crippen LogP contribution in [-0.2, 0) is 16.2 Å². The van der Waals surface area contributed by atoms with Crippen molar-refractivity contribution >= 4 is 33.0 Å².